The third kappa shape index (κ3) is 19.7. The molecule has 7 nitrogen and oxygen atoms in total. The van der Waals surface area contributed by atoms with Crippen molar-refractivity contribution in [1.82, 2.24) is 0 Å². The van der Waals surface area contributed by atoms with Crippen molar-refractivity contribution in [3.8, 4) is 0 Å². The Morgan fingerprint density at radius 3 is 1.27 bits per heavy atom. The molecule has 0 unspecified atom stereocenters. The van der Waals surface area contributed by atoms with Gasteiger partial charge in [-0.25, -0.2) is 5.11 Å². The summed E-state index contributed by atoms with van der Waals surface area (Å²) in [5.74, 6) is 0. The summed E-state index contributed by atoms with van der Waals surface area (Å²) in [4.78, 5) is 0. The molecule has 7 heteroatoms. The van der Waals surface area contributed by atoms with Crippen LogP contribution in [0.5, 0.6) is 0 Å². The van der Waals surface area contributed by atoms with E-state index in [1.807, 2.05) is 6.92 Å². The summed E-state index contributed by atoms with van der Waals surface area (Å²) in [5, 5.41) is 10.1. The maximum atomic E-state index is 10.1. The second kappa shape index (κ2) is 20.7. The first-order valence-corrected chi connectivity index (χ1v) is 7.96. The quantitative estimate of drug-likeness (QED) is 0.329. The molecule has 0 rings (SSSR count). The molecule has 133 valence electrons. The van der Waals surface area contributed by atoms with Crippen molar-refractivity contribution in [2.75, 3.05) is 85.9 Å². The normalized spacial score (nSPS) is 11.2. The van der Waals surface area contributed by atoms with Crippen LogP contribution in [0.3, 0.4) is 0 Å². The smallest absolute Gasteiger partial charge is 0.106 e. The van der Waals surface area contributed by atoms with Crippen molar-refractivity contribution in [1.29, 1.82) is 0 Å². The molecule has 0 saturated carbocycles. The lowest BCUT2D eigenvalue weighted by Crippen LogP contribution is -2.12. The molecule has 0 aliphatic carbocycles. The lowest BCUT2D eigenvalue weighted by atomic mass is 10.5. The van der Waals surface area contributed by atoms with Gasteiger partial charge in [0.2, 0.25) is 0 Å². The van der Waals surface area contributed by atoms with Crippen LogP contribution < -0.4 is 0 Å². The summed E-state index contributed by atoms with van der Waals surface area (Å²) in [7, 11) is 0. The molecule has 0 aliphatic rings. The molecule has 1 radical (unpaired) electrons. The molecule has 0 aromatic carbocycles. The zero-order valence-electron chi connectivity index (χ0n) is 13.8. The van der Waals surface area contributed by atoms with Gasteiger partial charge in [0.05, 0.1) is 59.5 Å². The molecule has 0 aromatic rings. The van der Waals surface area contributed by atoms with E-state index in [0.717, 1.165) is 13.0 Å². The van der Waals surface area contributed by atoms with E-state index in [0.29, 0.717) is 66.1 Å². The Bertz CT molecular complexity index is 173. The van der Waals surface area contributed by atoms with Gasteiger partial charge in [0.1, 0.15) is 6.61 Å². The predicted octanol–water partition coefficient (Wildman–Crippen LogP) is 0.927. The molecule has 22 heavy (non-hydrogen) atoms. The minimum atomic E-state index is -0.199. The van der Waals surface area contributed by atoms with Gasteiger partial charge in [0, 0.05) is 19.8 Å². The lowest BCUT2D eigenvalue weighted by Gasteiger charge is -2.07. The van der Waals surface area contributed by atoms with Gasteiger partial charge in [0.15, 0.2) is 0 Å². The van der Waals surface area contributed by atoms with Crippen LogP contribution in [0, 0.1) is 0 Å². The monoisotopic (exact) mass is 323 g/mol. The Morgan fingerprint density at radius 2 is 0.864 bits per heavy atom. The molecule has 0 bridgehead atoms. The van der Waals surface area contributed by atoms with Crippen LogP contribution in [0.25, 0.3) is 0 Å². The molecular formula is C15H31O7. The van der Waals surface area contributed by atoms with Gasteiger partial charge in [-0.1, -0.05) is 0 Å². The average molecular weight is 323 g/mol. The van der Waals surface area contributed by atoms with E-state index in [1.54, 1.807) is 0 Å². The van der Waals surface area contributed by atoms with Gasteiger partial charge in [-0.15, -0.1) is 0 Å². The number of rotatable bonds is 19. The van der Waals surface area contributed by atoms with Crippen LogP contribution in [0.2, 0.25) is 0 Å². The van der Waals surface area contributed by atoms with E-state index in [1.165, 1.54) is 0 Å². The van der Waals surface area contributed by atoms with Gasteiger partial charge in [-0.05, 0) is 13.3 Å². The second-order valence-electron chi connectivity index (χ2n) is 4.32. The zero-order chi connectivity index (χ0) is 16.1. The number of hydrogen-bond donors (Lipinski definition) is 0. The maximum absolute atomic E-state index is 10.1. The molecule has 0 atom stereocenters. The summed E-state index contributed by atoms with van der Waals surface area (Å²) >= 11 is 0. The SMILES string of the molecule is CCOCCOCCOCCOCCCOCCOCC[O]. The molecule has 0 aliphatic heterocycles. The first-order chi connectivity index (χ1) is 10.9. The average Bonchev–Trinajstić information content (AvgIpc) is 2.54. The Kier molecular flexibility index (Phi) is 20.5. The lowest BCUT2D eigenvalue weighted by molar-refractivity contribution is -0.00615. The van der Waals surface area contributed by atoms with Crippen LogP contribution in [0.4, 0.5) is 0 Å². The minimum absolute atomic E-state index is 0.199. The van der Waals surface area contributed by atoms with Crippen molar-refractivity contribution >= 4 is 0 Å². The fourth-order valence-electron chi connectivity index (χ4n) is 1.45. The van der Waals surface area contributed by atoms with Crippen LogP contribution >= 0.6 is 0 Å². The molecular weight excluding hydrogens is 292 g/mol. The third-order valence-electron chi connectivity index (χ3n) is 2.50. The standard InChI is InChI=1S/C15H31O7/c1-2-17-8-9-21-14-15-22-13-11-19-6-3-5-18-10-12-20-7-4-16/h2-15H2,1H3. The van der Waals surface area contributed by atoms with Crippen molar-refractivity contribution in [2.24, 2.45) is 0 Å². The van der Waals surface area contributed by atoms with Gasteiger partial charge >= 0.3 is 0 Å². The Hall–Kier alpha value is -0.280. The van der Waals surface area contributed by atoms with Gasteiger partial charge in [-0.3, -0.25) is 0 Å². The first-order valence-electron chi connectivity index (χ1n) is 7.96. The van der Waals surface area contributed by atoms with Crippen LogP contribution in [0.15, 0.2) is 0 Å². The Labute approximate surface area is 133 Å². The largest absolute Gasteiger partial charge is 0.379 e. The molecule has 0 spiro atoms. The van der Waals surface area contributed by atoms with Gasteiger partial charge in [-0.2, -0.15) is 0 Å². The van der Waals surface area contributed by atoms with E-state index in [2.05, 4.69) is 0 Å². The topological polar surface area (TPSA) is 75.3 Å². The molecule has 0 aromatic heterocycles. The van der Waals surface area contributed by atoms with E-state index in [-0.39, 0.29) is 13.2 Å². The van der Waals surface area contributed by atoms with E-state index >= 15 is 0 Å². The summed E-state index contributed by atoms with van der Waals surface area (Å²) in [6, 6.07) is 0. The van der Waals surface area contributed by atoms with E-state index in [4.69, 9.17) is 28.4 Å². The van der Waals surface area contributed by atoms with Crippen LogP contribution in [0.1, 0.15) is 13.3 Å². The third-order valence-corrected chi connectivity index (χ3v) is 2.50. The number of ether oxygens (including phenoxy) is 6. The minimum Gasteiger partial charge on any atom is -0.379 e. The summed E-state index contributed by atoms with van der Waals surface area (Å²) < 4.78 is 31.5. The zero-order valence-corrected chi connectivity index (χ0v) is 13.8. The van der Waals surface area contributed by atoms with Crippen molar-refractivity contribution in [3.05, 3.63) is 0 Å². The fourth-order valence-corrected chi connectivity index (χ4v) is 1.45. The highest BCUT2D eigenvalue weighted by molar-refractivity contribution is 4.38. The fraction of sp³-hybridized carbons (Fsp3) is 1.00. The highest BCUT2D eigenvalue weighted by atomic mass is 16.6. The van der Waals surface area contributed by atoms with Crippen LogP contribution in [-0.4, -0.2) is 85.9 Å². The molecule has 0 N–H and O–H groups in total. The predicted molar refractivity (Wildman–Crippen MR) is 80.8 cm³/mol. The van der Waals surface area contributed by atoms with Crippen LogP contribution in [-0.2, 0) is 33.5 Å². The molecule has 0 saturated heterocycles. The Morgan fingerprint density at radius 1 is 0.500 bits per heavy atom. The van der Waals surface area contributed by atoms with Crippen molar-refractivity contribution < 1.29 is 33.5 Å². The molecule has 0 heterocycles. The summed E-state index contributed by atoms with van der Waals surface area (Å²) in [6.07, 6.45) is 0.835. The Balaban J connectivity index is 2.91. The second-order valence-corrected chi connectivity index (χ2v) is 4.32. The first kappa shape index (κ1) is 21.7. The van der Waals surface area contributed by atoms with E-state index < -0.39 is 0 Å². The number of hydrogen-bond acceptors (Lipinski definition) is 6. The van der Waals surface area contributed by atoms with Gasteiger partial charge < -0.3 is 28.4 Å². The van der Waals surface area contributed by atoms with Crippen molar-refractivity contribution in [2.45, 2.75) is 13.3 Å². The summed E-state index contributed by atoms with van der Waals surface area (Å²) in [6.45, 7) is 8.54. The van der Waals surface area contributed by atoms with Gasteiger partial charge in [0.25, 0.3) is 0 Å². The maximum Gasteiger partial charge on any atom is 0.106 e. The van der Waals surface area contributed by atoms with E-state index in [9.17, 15) is 5.11 Å². The summed E-state index contributed by atoms with van der Waals surface area (Å²) in [5.41, 5.74) is 0. The molecule has 0 amide bonds. The van der Waals surface area contributed by atoms with Crippen molar-refractivity contribution in [3.63, 3.8) is 0 Å². The highest BCUT2D eigenvalue weighted by Crippen LogP contribution is 1.87. The highest BCUT2D eigenvalue weighted by Gasteiger charge is 1.93. The molecule has 0 fully saturated rings.